The molecule has 0 nitrogen and oxygen atoms in total. The predicted octanol–water partition coefficient (Wildman–Crippen LogP) is 4.73. The molecule has 1 aromatic carbocycles. The first-order chi connectivity index (χ1) is 6.77. The van der Waals surface area contributed by atoms with Gasteiger partial charge in [0.1, 0.15) is 0 Å². The van der Waals surface area contributed by atoms with E-state index in [1.165, 1.54) is 30.6 Å². The minimum Gasteiger partial charge on any atom is -0.144 e. The minimum atomic E-state index is 1.40. The number of thiophene rings is 2. The van der Waals surface area contributed by atoms with Gasteiger partial charge in [0.15, 0.2) is 0 Å². The van der Waals surface area contributed by atoms with Gasteiger partial charge in [-0.2, -0.15) is 0 Å². The second-order valence-electron chi connectivity index (χ2n) is 3.56. The van der Waals surface area contributed by atoms with E-state index in [-0.39, 0.29) is 0 Å². The van der Waals surface area contributed by atoms with Crippen LogP contribution in [-0.4, -0.2) is 0 Å². The summed E-state index contributed by atoms with van der Waals surface area (Å²) >= 11 is 3.74. The highest BCUT2D eigenvalue weighted by atomic mass is 32.1. The van der Waals surface area contributed by atoms with Gasteiger partial charge in [-0.3, -0.25) is 0 Å². The summed E-state index contributed by atoms with van der Waals surface area (Å²) in [5, 5.41) is 5.03. The van der Waals surface area contributed by atoms with Gasteiger partial charge >= 0.3 is 0 Å². The first-order valence-corrected chi connectivity index (χ1v) is 6.33. The molecule has 0 amide bonds. The predicted molar refractivity (Wildman–Crippen MR) is 66.7 cm³/mol. The van der Waals surface area contributed by atoms with Crippen LogP contribution in [-0.2, 0) is 0 Å². The van der Waals surface area contributed by atoms with Crippen molar-refractivity contribution in [3.8, 4) is 0 Å². The number of hydrogen-bond donors (Lipinski definition) is 0. The van der Waals surface area contributed by atoms with Crippen LogP contribution >= 0.6 is 22.7 Å². The lowest BCUT2D eigenvalue weighted by Crippen LogP contribution is -1.69. The van der Waals surface area contributed by atoms with E-state index in [1.54, 1.807) is 0 Å². The van der Waals surface area contributed by atoms with Crippen molar-refractivity contribution in [1.29, 1.82) is 0 Å². The Hall–Kier alpha value is -0.860. The van der Waals surface area contributed by atoms with Crippen molar-refractivity contribution in [1.82, 2.24) is 0 Å². The van der Waals surface area contributed by atoms with Crippen molar-refractivity contribution in [3.63, 3.8) is 0 Å². The Morgan fingerprint density at radius 1 is 1.00 bits per heavy atom. The van der Waals surface area contributed by atoms with Gasteiger partial charge in [-0.25, -0.2) is 0 Å². The molecule has 0 spiro atoms. The van der Waals surface area contributed by atoms with E-state index in [1.807, 2.05) is 22.7 Å². The van der Waals surface area contributed by atoms with Gasteiger partial charge in [0, 0.05) is 19.7 Å². The van der Waals surface area contributed by atoms with Crippen LogP contribution in [0.15, 0.2) is 23.6 Å². The molecule has 0 bridgehead atoms. The Morgan fingerprint density at radius 3 is 2.71 bits per heavy atom. The Kier molecular flexibility index (Phi) is 1.70. The Balaban J connectivity index is 2.63. The Morgan fingerprint density at radius 2 is 1.86 bits per heavy atom. The molecule has 0 N–H and O–H groups in total. The summed E-state index contributed by atoms with van der Waals surface area (Å²) < 4.78 is 2.86. The maximum Gasteiger partial charge on any atom is 0.0435 e. The smallest absolute Gasteiger partial charge is 0.0435 e. The molecule has 3 rings (SSSR count). The van der Waals surface area contributed by atoms with Crippen LogP contribution in [0.25, 0.3) is 20.2 Å². The van der Waals surface area contributed by atoms with Crippen molar-refractivity contribution >= 4 is 42.8 Å². The molecule has 14 heavy (non-hydrogen) atoms. The van der Waals surface area contributed by atoms with Crippen LogP contribution in [0.5, 0.6) is 0 Å². The molecule has 70 valence electrons. The highest BCUT2D eigenvalue weighted by Crippen LogP contribution is 2.37. The molecule has 0 fully saturated rings. The number of aryl methyl sites for hydroxylation is 2. The van der Waals surface area contributed by atoms with Gasteiger partial charge < -0.3 is 0 Å². The zero-order chi connectivity index (χ0) is 9.71. The zero-order valence-corrected chi connectivity index (χ0v) is 9.76. The average Bonchev–Trinajstić information content (AvgIpc) is 2.73. The summed E-state index contributed by atoms with van der Waals surface area (Å²) in [6, 6.07) is 6.73. The molecule has 0 atom stereocenters. The van der Waals surface area contributed by atoms with E-state index < -0.39 is 0 Å². The van der Waals surface area contributed by atoms with Gasteiger partial charge in [0.05, 0.1) is 0 Å². The normalized spacial score (nSPS) is 11.6. The highest BCUT2D eigenvalue weighted by molar-refractivity contribution is 7.22. The van der Waals surface area contributed by atoms with Gasteiger partial charge in [-0.05, 0) is 42.3 Å². The molecule has 3 aromatic rings. The van der Waals surface area contributed by atoms with E-state index in [0.29, 0.717) is 0 Å². The molecule has 0 aliphatic rings. The summed E-state index contributed by atoms with van der Waals surface area (Å²) in [4.78, 5) is 1.44. The summed E-state index contributed by atoms with van der Waals surface area (Å²) in [6.07, 6.45) is 0. The zero-order valence-electron chi connectivity index (χ0n) is 8.13. The molecule has 0 saturated heterocycles. The van der Waals surface area contributed by atoms with Gasteiger partial charge in [0.2, 0.25) is 0 Å². The maximum atomic E-state index is 2.26. The minimum absolute atomic E-state index is 1.40. The monoisotopic (exact) mass is 218 g/mol. The van der Waals surface area contributed by atoms with Crippen LogP contribution in [0.4, 0.5) is 0 Å². The summed E-state index contributed by atoms with van der Waals surface area (Å²) in [5.41, 5.74) is 1.44. The van der Waals surface area contributed by atoms with Crippen LogP contribution in [0.2, 0.25) is 0 Å². The number of hydrogen-bond acceptors (Lipinski definition) is 2. The fourth-order valence-electron chi connectivity index (χ4n) is 1.84. The van der Waals surface area contributed by atoms with E-state index in [2.05, 4.69) is 37.4 Å². The van der Waals surface area contributed by atoms with Crippen LogP contribution in [0.1, 0.15) is 10.4 Å². The molecule has 0 saturated carbocycles. The van der Waals surface area contributed by atoms with Gasteiger partial charge in [-0.15, -0.1) is 22.7 Å². The molecular formula is C12H10S2. The molecular weight excluding hydrogens is 208 g/mol. The van der Waals surface area contributed by atoms with Crippen LogP contribution in [0.3, 0.4) is 0 Å². The van der Waals surface area contributed by atoms with Crippen molar-refractivity contribution in [2.75, 3.05) is 0 Å². The van der Waals surface area contributed by atoms with E-state index >= 15 is 0 Å². The summed E-state index contributed by atoms with van der Waals surface area (Å²) in [5.74, 6) is 0. The fourth-order valence-corrected chi connectivity index (χ4v) is 3.89. The third kappa shape index (κ3) is 0.983. The van der Waals surface area contributed by atoms with Crippen molar-refractivity contribution in [2.45, 2.75) is 13.8 Å². The standard InChI is InChI=1S/C12H10S2/c1-7-8(2)14-12-9(7)3-4-11-10(12)5-6-13-11/h3-6H,1-2H3. The quantitative estimate of drug-likeness (QED) is 0.511. The number of benzene rings is 1. The largest absolute Gasteiger partial charge is 0.144 e. The van der Waals surface area contributed by atoms with Crippen LogP contribution in [0, 0.1) is 13.8 Å². The molecule has 0 aliphatic heterocycles. The Labute approximate surface area is 90.8 Å². The van der Waals surface area contributed by atoms with E-state index in [9.17, 15) is 0 Å². The van der Waals surface area contributed by atoms with Gasteiger partial charge in [-0.1, -0.05) is 6.07 Å². The molecule has 0 aliphatic carbocycles. The van der Waals surface area contributed by atoms with E-state index in [4.69, 9.17) is 0 Å². The molecule has 2 heterocycles. The lowest BCUT2D eigenvalue weighted by Gasteiger charge is -1.93. The Bertz CT molecular complexity index is 614. The lowest BCUT2D eigenvalue weighted by atomic mass is 10.1. The second kappa shape index (κ2) is 2.81. The fraction of sp³-hybridized carbons (Fsp3) is 0.167. The lowest BCUT2D eigenvalue weighted by molar-refractivity contribution is 1.47. The first-order valence-electron chi connectivity index (χ1n) is 4.63. The SMILES string of the molecule is Cc1sc2c(ccc3sccc32)c1C. The molecule has 2 aromatic heterocycles. The third-order valence-electron chi connectivity index (χ3n) is 2.77. The molecule has 0 unspecified atom stereocenters. The topological polar surface area (TPSA) is 0 Å². The van der Waals surface area contributed by atoms with Gasteiger partial charge in [0.25, 0.3) is 0 Å². The van der Waals surface area contributed by atoms with Crippen molar-refractivity contribution in [3.05, 3.63) is 34.0 Å². The maximum absolute atomic E-state index is 2.26. The highest BCUT2D eigenvalue weighted by Gasteiger charge is 2.08. The number of fused-ring (bicyclic) bond motifs is 3. The average molecular weight is 218 g/mol. The molecule has 2 heteroatoms. The first kappa shape index (κ1) is 8.45. The summed E-state index contributed by atoms with van der Waals surface area (Å²) in [7, 11) is 0. The third-order valence-corrected chi connectivity index (χ3v) is 4.91. The van der Waals surface area contributed by atoms with Crippen LogP contribution < -0.4 is 0 Å². The van der Waals surface area contributed by atoms with Crippen molar-refractivity contribution in [2.24, 2.45) is 0 Å². The van der Waals surface area contributed by atoms with E-state index in [0.717, 1.165) is 0 Å². The molecule has 0 radical (unpaired) electrons. The summed E-state index contributed by atoms with van der Waals surface area (Å²) in [6.45, 7) is 4.42. The second-order valence-corrected chi connectivity index (χ2v) is 5.73. The number of rotatable bonds is 0. The van der Waals surface area contributed by atoms with Crippen molar-refractivity contribution < 1.29 is 0 Å².